The zero-order valence-electron chi connectivity index (χ0n) is 23.0. The molecule has 0 saturated carbocycles. The number of sulfonamides is 1. The molecule has 0 N–H and O–H groups in total. The number of hydrogen-bond donors (Lipinski definition) is 0. The SMILES string of the molecule is CCCc1c(C(=O)N2CCN(S(=O)(=O)c3ccccc3)C(C)C2)cnn1-c1nc(-c2ccc3ccccc3c2)cs1. The topological polar surface area (TPSA) is 88.4 Å². The summed E-state index contributed by atoms with van der Waals surface area (Å²) in [6.45, 7) is 4.78. The lowest BCUT2D eigenvalue weighted by molar-refractivity contribution is 0.0641. The van der Waals surface area contributed by atoms with E-state index in [0.717, 1.165) is 28.8 Å². The van der Waals surface area contributed by atoms with Crippen LogP contribution in [0.15, 0.2) is 89.3 Å². The van der Waals surface area contributed by atoms with Crippen molar-refractivity contribution in [3.63, 3.8) is 0 Å². The third-order valence-electron chi connectivity index (χ3n) is 7.51. The van der Waals surface area contributed by atoms with E-state index < -0.39 is 10.0 Å². The summed E-state index contributed by atoms with van der Waals surface area (Å²) < 4.78 is 29.7. The Labute approximate surface area is 243 Å². The van der Waals surface area contributed by atoms with Crippen molar-refractivity contribution in [1.29, 1.82) is 0 Å². The Morgan fingerprint density at radius 1 is 1.00 bits per heavy atom. The summed E-state index contributed by atoms with van der Waals surface area (Å²) in [6, 6.07) is 22.6. The molecule has 1 unspecified atom stereocenters. The molecule has 210 valence electrons. The summed E-state index contributed by atoms with van der Waals surface area (Å²) in [5, 5.41) is 9.67. The van der Waals surface area contributed by atoms with E-state index in [-0.39, 0.29) is 23.4 Å². The number of rotatable bonds is 7. The van der Waals surface area contributed by atoms with Gasteiger partial charge in [-0.2, -0.15) is 9.40 Å². The maximum atomic E-state index is 13.8. The molecule has 1 saturated heterocycles. The average molecular weight is 586 g/mol. The van der Waals surface area contributed by atoms with Gasteiger partial charge >= 0.3 is 0 Å². The molecule has 3 aromatic carbocycles. The van der Waals surface area contributed by atoms with Crippen molar-refractivity contribution in [3.8, 4) is 16.4 Å². The van der Waals surface area contributed by atoms with Crippen LogP contribution < -0.4 is 0 Å². The summed E-state index contributed by atoms with van der Waals surface area (Å²) in [5.74, 6) is -0.130. The van der Waals surface area contributed by atoms with E-state index in [0.29, 0.717) is 30.2 Å². The highest BCUT2D eigenvalue weighted by molar-refractivity contribution is 7.89. The van der Waals surface area contributed by atoms with Gasteiger partial charge in [0, 0.05) is 36.6 Å². The quantitative estimate of drug-likeness (QED) is 0.247. The largest absolute Gasteiger partial charge is 0.336 e. The molecule has 10 heteroatoms. The van der Waals surface area contributed by atoms with Crippen LogP contribution in [0.2, 0.25) is 0 Å². The first kappa shape index (κ1) is 27.3. The second kappa shape index (κ2) is 11.2. The van der Waals surface area contributed by atoms with E-state index in [1.165, 1.54) is 21.0 Å². The van der Waals surface area contributed by atoms with Gasteiger partial charge in [0.05, 0.1) is 28.0 Å². The standard InChI is InChI=1S/C31H31N5O3S2/c1-3-9-29-27(30(37)34-16-17-35(22(2)20-34)41(38,39)26-12-5-4-6-13-26)19-32-36(29)31-33-28(21-40-31)25-15-14-23-10-7-8-11-24(23)18-25/h4-8,10-15,18-19,21-22H,3,9,16-17,20H2,1-2H3. The lowest BCUT2D eigenvalue weighted by atomic mass is 10.1. The highest BCUT2D eigenvalue weighted by atomic mass is 32.2. The Balaban J connectivity index is 1.23. The molecule has 2 aromatic heterocycles. The molecule has 1 aliphatic heterocycles. The van der Waals surface area contributed by atoms with Gasteiger partial charge in [-0.15, -0.1) is 11.3 Å². The first-order valence-electron chi connectivity index (χ1n) is 13.7. The molecule has 1 fully saturated rings. The molecular formula is C31H31N5O3S2. The van der Waals surface area contributed by atoms with Crippen molar-refractivity contribution >= 4 is 38.0 Å². The molecule has 3 heterocycles. The highest BCUT2D eigenvalue weighted by Crippen LogP contribution is 2.29. The van der Waals surface area contributed by atoms with Gasteiger partial charge in [0.1, 0.15) is 0 Å². The number of amides is 1. The second-order valence-electron chi connectivity index (χ2n) is 10.3. The normalized spacial score (nSPS) is 16.3. The molecule has 5 aromatic rings. The van der Waals surface area contributed by atoms with E-state index in [9.17, 15) is 13.2 Å². The molecule has 8 nitrogen and oxygen atoms in total. The Bertz CT molecular complexity index is 1810. The van der Waals surface area contributed by atoms with Crippen LogP contribution in [-0.4, -0.2) is 64.0 Å². The summed E-state index contributed by atoms with van der Waals surface area (Å²) in [4.78, 5) is 20.6. The number of piperazine rings is 1. The summed E-state index contributed by atoms with van der Waals surface area (Å²) in [6.07, 6.45) is 3.14. The van der Waals surface area contributed by atoms with Crippen LogP contribution in [0, 0.1) is 0 Å². The molecule has 6 rings (SSSR count). The Morgan fingerprint density at radius 3 is 2.51 bits per heavy atom. The molecule has 1 aliphatic rings. The van der Waals surface area contributed by atoms with E-state index in [1.807, 2.05) is 24.4 Å². The highest BCUT2D eigenvalue weighted by Gasteiger charge is 2.36. The van der Waals surface area contributed by atoms with Crippen molar-refractivity contribution in [3.05, 3.63) is 95.6 Å². The van der Waals surface area contributed by atoms with Crippen LogP contribution >= 0.6 is 11.3 Å². The Kier molecular flexibility index (Phi) is 7.46. The Morgan fingerprint density at radius 2 is 1.76 bits per heavy atom. The van der Waals surface area contributed by atoms with Crippen LogP contribution in [0.3, 0.4) is 0 Å². The van der Waals surface area contributed by atoms with Gasteiger partial charge in [0.2, 0.25) is 15.2 Å². The lowest BCUT2D eigenvalue weighted by Crippen LogP contribution is -2.55. The van der Waals surface area contributed by atoms with E-state index in [1.54, 1.807) is 46.1 Å². The van der Waals surface area contributed by atoms with E-state index in [4.69, 9.17) is 4.98 Å². The van der Waals surface area contributed by atoms with Gasteiger partial charge in [-0.25, -0.2) is 18.1 Å². The van der Waals surface area contributed by atoms with Crippen molar-refractivity contribution in [2.45, 2.75) is 37.6 Å². The van der Waals surface area contributed by atoms with Crippen LogP contribution in [0.5, 0.6) is 0 Å². The van der Waals surface area contributed by atoms with Crippen LogP contribution in [0.1, 0.15) is 36.3 Å². The zero-order chi connectivity index (χ0) is 28.6. The molecular weight excluding hydrogens is 555 g/mol. The molecule has 1 atom stereocenters. The van der Waals surface area contributed by atoms with Crippen LogP contribution in [-0.2, 0) is 16.4 Å². The molecule has 0 radical (unpaired) electrons. The number of fused-ring (bicyclic) bond motifs is 1. The first-order chi connectivity index (χ1) is 19.9. The number of hydrogen-bond acceptors (Lipinski definition) is 6. The minimum absolute atomic E-state index is 0.130. The molecule has 41 heavy (non-hydrogen) atoms. The lowest BCUT2D eigenvalue weighted by Gasteiger charge is -2.38. The van der Waals surface area contributed by atoms with Gasteiger partial charge in [-0.05, 0) is 42.3 Å². The van der Waals surface area contributed by atoms with Crippen LogP contribution in [0.4, 0.5) is 0 Å². The van der Waals surface area contributed by atoms with Gasteiger partial charge in [0.15, 0.2) is 0 Å². The first-order valence-corrected chi connectivity index (χ1v) is 16.1. The van der Waals surface area contributed by atoms with Gasteiger partial charge in [-0.1, -0.05) is 67.9 Å². The van der Waals surface area contributed by atoms with Gasteiger partial charge < -0.3 is 4.90 Å². The monoisotopic (exact) mass is 585 g/mol. The summed E-state index contributed by atoms with van der Waals surface area (Å²) in [5.41, 5.74) is 3.26. The number of nitrogens with zero attached hydrogens (tertiary/aromatic N) is 5. The number of aromatic nitrogens is 3. The number of carbonyl (C=O) groups excluding carboxylic acids is 1. The van der Waals surface area contributed by atoms with Crippen molar-refractivity contribution in [2.24, 2.45) is 0 Å². The maximum Gasteiger partial charge on any atom is 0.257 e. The average Bonchev–Trinajstić information content (AvgIpc) is 3.65. The fraction of sp³-hybridized carbons (Fsp3) is 0.258. The minimum atomic E-state index is -3.63. The molecule has 0 bridgehead atoms. The molecule has 1 amide bonds. The minimum Gasteiger partial charge on any atom is -0.336 e. The number of carbonyl (C=O) groups is 1. The summed E-state index contributed by atoms with van der Waals surface area (Å²) >= 11 is 1.50. The van der Waals surface area contributed by atoms with E-state index >= 15 is 0 Å². The zero-order valence-corrected chi connectivity index (χ0v) is 24.6. The third kappa shape index (κ3) is 5.18. The van der Waals surface area contributed by atoms with Crippen LogP contribution in [0.25, 0.3) is 27.2 Å². The van der Waals surface area contributed by atoms with E-state index in [2.05, 4.69) is 42.4 Å². The van der Waals surface area contributed by atoms with Crippen molar-refractivity contribution < 1.29 is 13.2 Å². The third-order valence-corrected chi connectivity index (χ3v) is 10.4. The number of benzene rings is 3. The fourth-order valence-corrected chi connectivity index (χ4v) is 7.87. The second-order valence-corrected chi connectivity index (χ2v) is 13.0. The molecule has 0 spiro atoms. The Hall–Kier alpha value is -3.86. The summed E-state index contributed by atoms with van der Waals surface area (Å²) in [7, 11) is -3.63. The fourth-order valence-electron chi connectivity index (χ4n) is 5.42. The van der Waals surface area contributed by atoms with Gasteiger partial charge in [-0.3, -0.25) is 4.79 Å². The molecule has 0 aliphatic carbocycles. The number of thiazole rings is 1. The van der Waals surface area contributed by atoms with Crippen molar-refractivity contribution in [1.82, 2.24) is 24.0 Å². The van der Waals surface area contributed by atoms with Crippen molar-refractivity contribution in [2.75, 3.05) is 19.6 Å². The smallest absolute Gasteiger partial charge is 0.257 e. The predicted molar refractivity (Wildman–Crippen MR) is 162 cm³/mol. The van der Waals surface area contributed by atoms with Gasteiger partial charge in [0.25, 0.3) is 5.91 Å². The predicted octanol–water partition coefficient (Wildman–Crippen LogP) is 5.64. The maximum absolute atomic E-state index is 13.8.